The van der Waals surface area contributed by atoms with Gasteiger partial charge in [-0.15, -0.1) is 0 Å². The van der Waals surface area contributed by atoms with Gasteiger partial charge >= 0.3 is 0 Å². The summed E-state index contributed by atoms with van der Waals surface area (Å²) >= 11 is 0. The van der Waals surface area contributed by atoms with Crippen LogP contribution in [0.4, 0.5) is 0 Å². The van der Waals surface area contributed by atoms with Gasteiger partial charge < -0.3 is 4.57 Å². The first kappa shape index (κ1) is 23.2. The Kier molecular flexibility index (Phi) is 5.60. The molecule has 7 aromatic rings. The predicted octanol–water partition coefficient (Wildman–Crippen LogP) is 8.92. The van der Waals surface area contributed by atoms with Crippen LogP contribution in [0.1, 0.15) is 5.56 Å². The summed E-state index contributed by atoms with van der Waals surface area (Å²) < 4.78 is 4.67. The first-order chi connectivity index (χ1) is 19.2. The van der Waals surface area contributed by atoms with Gasteiger partial charge in [0.25, 0.3) is 0 Å². The van der Waals surface area contributed by atoms with E-state index in [2.05, 4.69) is 163 Å². The number of benzene rings is 5. The van der Waals surface area contributed by atoms with E-state index in [0.717, 1.165) is 5.69 Å². The second kappa shape index (κ2) is 9.41. The Morgan fingerprint density at radius 2 is 1.10 bits per heavy atom. The summed E-state index contributed by atoms with van der Waals surface area (Å²) in [5, 5.41) is 2.51. The molecule has 2 aromatic heterocycles. The molecule has 0 amide bonds. The highest BCUT2D eigenvalue weighted by Gasteiger charge is 2.21. The smallest absolute Gasteiger partial charge is 0.213 e. The molecule has 39 heavy (non-hydrogen) atoms. The molecule has 0 N–H and O–H groups in total. The minimum atomic E-state index is 1.16. The van der Waals surface area contributed by atoms with Gasteiger partial charge in [0.15, 0.2) is 6.20 Å². The molecule has 0 fully saturated rings. The molecule has 0 unspecified atom stereocenters. The summed E-state index contributed by atoms with van der Waals surface area (Å²) in [6, 6.07) is 48.0. The van der Waals surface area contributed by atoms with Gasteiger partial charge in [0, 0.05) is 28.1 Å². The number of hydrogen-bond acceptors (Lipinski definition) is 0. The molecule has 0 aliphatic rings. The standard InChI is InChI=1S/C37H29N2/c1-26-18-19-29(27-12-6-3-7-13-27)22-33(26)35-24-34-32-21-20-30(28-14-8-4-9-15-28)23-36(32)39(37(34)25-38(35)2)31-16-10-5-11-17-31/h3-25H,1-2H3/q+1. The van der Waals surface area contributed by atoms with Crippen molar-refractivity contribution in [1.29, 1.82) is 0 Å². The molecule has 0 aliphatic carbocycles. The van der Waals surface area contributed by atoms with Crippen LogP contribution in [0.5, 0.6) is 0 Å². The fourth-order valence-corrected chi connectivity index (χ4v) is 5.74. The van der Waals surface area contributed by atoms with Gasteiger partial charge in [-0.2, -0.15) is 4.57 Å². The molecule has 0 aliphatic heterocycles. The van der Waals surface area contributed by atoms with Crippen LogP contribution in [-0.4, -0.2) is 4.57 Å². The highest BCUT2D eigenvalue weighted by Crippen LogP contribution is 2.36. The molecule has 0 saturated carbocycles. The van der Waals surface area contributed by atoms with Gasteiger partial charge in [0.05, 0.1) is 5.52 Å². The normalized spacial score (nSPS) is 11.3. The molecule has 2 heterocycles. The SMILES string of the molecule is Cc1ccc(-c2ccccc2)cc1-c1cc2c3ccc(-c4ccccc4)cc3n(-c3ccccc3)c2c[n+]1C. The Labute approximate surface area is 229 Å². The Hall–Kier alpha value is -4.95. The molecule has 2 nitrogen and oxygen atoms in total. The lowest BCUT2D eigenvalue weighted by molar-refractivity contribution is -0.659. The first-order valence-corrected chi connectivity index (χ1v) is 13.4. The van der Waals surface area contributed by atoms with Crippen LogP contribution in [0.2, 0.25) is 0 Å². The Morgan fingerprint density at radius 1 is 0.513 bits per heavy atom. The summed E-state index contributed by atoms with van der Waals surface area (Å²) in [6.45, 7) is 2.20. The predicted molar refractivity (Wildman–Crippen MR) is 163 cm³/mol. The number of rotatable bonds is 4. The van der Waals surface area contributed by atoms with Crippen molar-refractivity contribution in [3.63, 3.8) is 0 Å². The summed E-state index contributed by atoms with van der Waals surface area (Å²) in [5.74, 6) is 0. The fraction of sp³-hybridized carbons (Fsp3) is 0.0541. The molecule has 5 aromatic carbocycles. The van der Waals surface area contributed by atoms with Crippen molar-refractivity contribution in [2.24, 2.45) is 7.05 Å². The largest absolute Gasteiger partial charge is 0.304 e. The second-order valence-corrected chi connectivity index (χ2v) is 10.2. The maximum absolute atomic E-state index is 2.40. The van der Waals surface area contributed by atoms with Gasteiger partial charge in [0.2, 0.25) is 5.69 Å². The third-order valence-electron chi connectivity index (χ3n) is 7.76. The van der Waals surface area contributed by atoms with E-state index < -0.39 is 0 Å². The minimum absolute atomic E-state index is 1.16. The van der Waals surface area contributed by atoms with E-state index in [9.17, 15) is 0 Å². The van der Waals surface area contributed by atoms with Crippen LogP contribution >= 0.6 is 0 Å². The van der Waals surface area contributed by atoms with Crippen molar-refractivity contribution in [2.75, 3.05) is 0 Å². The second-order valence-electron chi connectivity index (χ2n) is 10.2. The monoisotopic (exact) mass is 501 g/mol. The number of fused-ring (bicyclic) bond motifs is 3. The van der Waals surface area contributed by atoms with E-state index in [1.54, 1.807) is 0 Å². The van der Waals surface area contributed by atoms with E-state index in [1.807, 2.05) is 0 Å². The fourth-order valence-electron chi connectivity index (χ4n) is 5.74. The molecule has 186 valence electrons. The van der Waals surface area contributed by atoms with Crippen molar-refractivity contribution >= 4 is 21.8 Å². The molecule has 0 saturated heterocycles. The van der Waals surface area contributed by atoms with E-state index in [0.29, 0.717) is 0 Å². The van der Waals surface area contributed by atoms with Crippen LogP contribution in [0.25, 0.3) is 61.0 Å². The Bertz CT molecular complexity index is 1950. The molecule has 0 radical (unpaired) electrons. The molecular weight excluding hydrogens is 472 g/mol. The molecule has 0 spiro atoms. The Morgan fingerprint density at radius 3 is 1.77 bits per heavy atom. The number of aromatic nitrogens is 2. The van der Waals surface area contributed by atoms with E-state index in [4.69, 9.17) is 0 Å². The summed E-state index contributed by atoms with van der Waals surface area (Å²) in [4.78, 5) is 0. The van der Waals surface area contributed by atoms with Crippen LogP contribution in [0.15, 0.2) is 140 Å². The first-order valence-electron chi connectivity index (χ1n) is 13.4. The Balaban J connectivity index is 1.50. The lowest BCUT2D eigenvalue weighted by Gasteiger charge is -2.10. The van der Waals surface area contributed by atoms with Gasteiger partial charge in [-0.3, -0.25) is 0 Å². The zero-order valence-electron chi connectivity index (χ0n) is 22.2. The average molecular weight is 502 g/mol. The lowest BCUT2D eigenvalue weighted by Crippen LogP contribution is -2.31. The molecule has 0 bridgehead atoms. The lowest BCUT2D eigenvalue weighted by atomic mass is 9.97. The topological polar surface area (TPSA) is 8.81 Å². The summed E-state index contributed by atoms with van der Waals surface area (Å²) in [6.07, 6.45) is 2.29. The highest BCUT2D eigenvalue weighted by molar-refractivity contribution is 6.10. The molecular formula is C37H29N2+. The third kappa shape index (κ3) is 4.02. The van der Waals surface area contributed by atoms with Gasteiger partial charge in [-0.05, 0) is 59.0 Å². The van der Waals surface area contributed by atoms with E-state index in [-0.39, 0.29) is 0 Å². The van der Waals surface area contributed by atoms with Gasteiger partial charge in [-0.1, -0.05) is 103 Å². The van der Waals surface area contributed by atoms with Crippen molar-refractivity contribution in [1.82, 2.24) is 4.57 Å². The summed E-state index contributed by atoms with van der Waals surface area (Å²) in [7, 11) is 2.16. The quantitative estimate of drug-likeness (QED) is 0.213. The van der Waals surface area contributed by atoms with Crippen LogP contribution in [0, 0.1) is 6.92 Å². The van der Waals surface area contributed by atoms with Crippen molar-refractivity contribution in [3.05, 3.63) is 145 Å². The summed E-state index contributed by atoms with van der Waals surface area (Å²) in [5.41, 5.74) is 12.2. The van der Waals surface area contributed by atoms with Crippen LogP contribution in [-0.2, 0) is 7.05 Å². The third-order valence-corrected chi connectivity index (χ3v) is 7.76. The maximum Gasteiger partial charge on any atom is 0.213 e. The number of pyridine rings is 1. The number of hydrogen-bond donors (Lipinski definition) is 0. The number of nitrogens with zero attached hydrogens (tertiary/aromatic N) is 2. The van der Waals surface area contributed by atoms with Crippen LogP contribution in [0.3, 0.4) is 0 Å². The highest BCUT2D eigenvalue weighted by atomic mass is 15.0. The van der Waals surface area contributed by atoms with Crippen molar-refractivity contribution < 1.29 is 4.57 Å². The maximum atomic E-state index is 2.40. The van der Waals surface area contributed by atoms with Gasteiger partial charge in [-0.25, -0.2) is 0 Å². The van der Waals surface area contributed by atoms with Crippen molar-refractivity contribution in [2.45, 2.75) is 6.92 Å². The average Bonchev–Trinajstić information content (AvgIpc) is 3.30. The van der Waals surface area contributed by atoms with Crippen LogP contribution < -0.4 is 4.57 Å². The zero-order chi connectivity index (χ0) is 26.3. The van der Waals surface area contributed by atoms with Gasteiger partial charge in [0.1, 0.15) is 12.6 Å². The number of para-hydroxylation sites is 1. The molecule has 7 rings (SSSR count). The van der Waals surface area contributed by atoms with E-state index in [1.165, 1.54) is 60.9 Å². The molecule has 0 atom stereocenters. The number of aryl methyl sites for hydroxylation is 2. The van der Waals surface area contributed by atoms with Crippen molar-refractivity contribution in [3.8, 4) is 39.2 Å². The minimum Gasteiger partial charge on any atom is -0.304 e. The zero-order valence-corrected chi connectivity index (χ0v) is 22.2. The molecule has 2 heteroatoms. The van der Waals surface area contributed by atoms with E-state index >= 15 is 0 Å².